The number of hydrogen-bond acceptors (Lipinski definition) is 8. The fourth-order valence-electron chi connectivity index (χ4n) is 3.50. The smallest absolute Gasteiger partial charge is 0.239 e. The summed E-state index contributed by atoms with van der Waals surface area (Å²) in [5.41, 5.74) is 0.353. The van der Waals surface area contributed by atoms with E-state index in [2.05, 4.69) is 0 Å². The number of phenols is 1. The molecule has 33 heavy (non-hydrogen) atoms. The summed E-state index contributed by atoms with van der Waals surface area (Å²) in [5.74, 6) is -0.697. The highest BCUT2D eigenvalue weighted by atomic mass is 16.5. The molecule has 4 aromatic rings. The predicted octanol–water partition coefficient (Wildman–Crippen LogP) is 4.48. The molecule has 2 N–H and O–H groups in total. The minimum atomic E-state index is -0.843. The Labute approximate surface area is 189 Å². The lowest BCUT2D eigenvalue weighted by molar-refractivity contribution is 0.271. The first kappa shape index (κ1) is 21.9. The number of phenolic OH excluding ortho intramolecular Hbond substituents is 1. The lowest BCUT2D eigenvalue weighted by Crippen LogP contribution is -2.07. The largest absolute Gasteiger partial charge is 0.504 e. The second-order valence-corrected chi connectivity index (χ2v) is 7.06. The van der Waals surface area contributed by atoms with Crippen LogP contribution < -0.4 is 24.4 Å². The van der Waals surface area contributed by atoms with Crippen molar-refractivity contribution in [2.75, 3.05) is 21.3 Å². The van der Waals surface area contributed by atoms with Crippen molar-refractivity contribution in [2.24, 2.45) is 0 Å². The maximum Gasteiger partial charge on any atom is 0.239 e. The number of fused-ring (bicyclic) bond motifs is 1. The van der Waals surface area contributed by atoms with Gasteiger partial charge in [-0.25, -0.2) is 0 Å². The Morgan fingerprint density at radius 1 is 0.788 bits per heavy atom. The summed E-state index contributed by atoms with van der Waals surface area (Å²) in [6, 6.07) is 16.0. The van der Waals surface area contributed by atoms with Crippen LogP contribution in [0.4, 0.5) is 0 Å². The molecule has 8 nitrogen and oxygen atoms in total. The van der Waals surface area contributed by atoms with Crippen molar-refractivity contribution in [3.63, 3.8) is 0 Å². The molecule has 0 aliphatic carbocycles. The third-order valence-electron chi connectivity index (χ3n) is 5.15. The van der Waals surface area contributed by atoms with Crippen LogP contribution in [0.15, 0.2) is 63.8 Å². The molecule has 170 valence electrons. The van der Waals surface area contributed by atoms with Crippen molar-refractivity contribution < 1.29 is 33.6 Å². The maximum atomic E-state index is 13.1. The van der Waals surface area contributed by atoms with Crippen LogP contribution in [-0.2, 0) is 6.61 Å². The summed E-state index contributed by atoms with van der Waals surface area (Å²) in [5, 5.41) is 21.1. The van der Waals surface area contributed by atoms with Gasteiger partial charge < -0.3 is 33.6 Å². The van der Waals surface area contributed by atoms with Crippen molar-refractivity contribution in [1.29, 1.82) is 0 Å². The van der Waals surface area contributed by atoms with Crippen molar-refractivity contribution in [3.05, 3.63) is 70.4 Å². The zero-order valence-corrected chi connectivity index (χ0v) is 18.2. The van der Waals surface area contributed by atoms with E-state index in [1.807, 2.05) is 30.3 Å². The van der Waals surface area contributed by atoms with Crippen LogP contribution in [0.2, 0.25) is 0 Å². The fraction of sp³-hybridized carbons (Fsp3) is 0.160. The van der Waals surface area contributed by atoms with Crippen molar-refractivity contribution in [2.45, 2.75) is 6.61 Å². The molecular formula is C25H22O8. The number of rotatable bonds is 7. The molecule has 1 heterocycles. The first-order valence-electron chi connectivity index (χ1n) is 9.98. The average Bonchev–Trinajstić information content (AvgIpc) is 2.85. The van der Waals surface area contributed by atoms with Crippen molar-refractivity contribution >= 4 is 11.0 Å². The zero-order chi connectivity index (χ0) is 23.5. The molecule has 0 fully saturated rings. The molecule has 8 heteroatoms. The van der Waals surface area contributed by atoms with Crippen LogP contribution in [-0.4, -0.2) is 31.5 Å². The van der Waals surface area contributed by atoms with Crippen LogP contribution in [0.3, 0.4) is 0 Å². The molecular weight excluding hydrogens is 428 g/mol. The van der Waals surface area contributed by atoms with E-state index in [1.54, 1.807) is 24.3 Å². The molecule has 0 saturated carbocycles. The van der Waals surface area contributed by atoms with E-state index in [4.69, 9.17) is 23.4 Å². The van der Waals surface area contributed by atoms with Gasteiger partial charge in [0, 0.05) is 5.56 Å². The van der Waals surface area contributed by atoms with Gasteiger partial charge in [-0.1, -0.05) is 30.3 Å². The third kappa shape index (κ3) is 3.87. The molecule has 0 radical (unpaired) electrons. The molecule has 1 aromatic heterocycles. The lowest BCUT2D eigenvalue weighted by atomic mass is 10.1. The van der Waals surface area contributed by atoms with E-state index in [0.29, 0.717) is 11.3 Å². The Bertz CT molecular complexity index is 1340. The van der Waals surface area contributed by atoms with Crippen LogP contribution >= 0.6 is 0 Å². The van der Waals surface area contributed by atoms with Gasteiger partial charge in [-0.3, -0.25) is 4.79 Å². The van der Waals surface area contributed by atoms with Gasteiger partial charge in [0.2, 0.25) is 28.4 Å². The SMILES string of the molecule is COc1ccc(-c2oc3c(OCc4ccccc4)c(OC)c(OC)c(O)c3c(=O)c2O)cc1. The Kier molecular flexibility index (Phi) is 5.99. The topological polar surface area (TPSA) is 108 Å². The van der Waals surface area contributed by atoms with E-state index < -0.39 is 16.9 Å². The Morgan fingerprint density at radius 3 is 2.06 bits per heavy atom. The number of methoxy groups -OCH3 is 3. The van der Waals surface area contributed by atoms with Crippen molar-refractivity contribution in [3.8, 4) is 45.8 Å². The van der Waals surface area contributed by atoms with Gasteiger partial charge in [-0.15, -0.1) is 0 Å². The Morgan fingerprint density at radius 2 is 1.45 bits per heavy atom. The van der Waals surface area contributed by atoms with Crippen LogP contribution in [0.1, 0.15) is 5.56 Å². The summed E-state index contributed by atoms with van der Waals surface area (Å²) in [4.78, 5) is 13.1. The molecule has 3 aromatic carbocycles. The molecule has 0 atom stereocenters. The van der Waals surface area contributed by atoms with E-state index in [0.717, 1.165) is 5.56 Å². The highest BCUT2D eigenvalue weighted by Crippen LogP contribution is 2.51. The van der Waals surface area contributed by atoms with E-state index in [1.165, 1.54) is 21.3 Å². The summed E-state index contributed by atoms with van der Waals surface area (Å²) < 4.78 is 27.8. The molecule has 0 aliphatic heterocycles. The maximum absolute atomic E-state index is 13.1. The van der Waals surface area contributed by atoms with E-state index in [9.17, 15) is 15.0 Å². The normalized spacial score (nSPS) is 10.8. The Hall–Kier alpha value is -4.33. The van der Waals surface area contributed by atoms with Crippen molar-refractivity contribution in [1.82, 2.24) is 0 Å². The first-order valence-corrected chi connectivity index (χ1v) is 9.98. The van der Waals surface area contributed by atoms with Gasteiger partial charge in [0.1, 0.15) is 17.7 Å². The molecule has 0 bridgehead atoms. The van der Waals surface area contributed by atoms with Crippen LogP contribution in [0.5, 0.6) is 34.5 Å². The Balaban J connectivity index is 1.98. The highest BCUT2D eigenvalue weighted by Gasteiger charge is 2.29. The number of ether oxygens (including phenoxy) is 4. The second kappa shape index (κ2) is 9.04. The molecule has 0 saturated heterocycles. The third-order valence-corrected chi connectivity index (χ3v) is 5.15. The van der Waals surface area contributed by atoms with E-state index >= 15 is 0 Å². The lowest BCUT2D eigenvalue weighted by Gasteiger charge is -2.18. The average molecular weight is 450 g/mol. The second-order valence-electron chi connectivity index (χ2n) is 7.06. The highest BCUT2D eigenvalue weighted by molar-refractivity contribution is 5.96. The summed E-state index contributed by atoms with van der Waals surface area (Å²) in [7, 11) is 4.22. The van der Waals surface area contributed by atoms with Gasteiger partial charge in [-0.05, 0) is 29.8 Å². The quantitative estimate of drug-likeness (QED) is 0.425. The van der Waals surface area contributed by atoms with Gasteiger partial charge in [0.05, 0.1) is 21.3 Å². The monoisotopic (exact) mass is 450 g/mol. The van der Waals surface area contributed by atoms with E-state index in [-0.39, 0.29) is 40.6 Å². The first-order chi connectivity index (χ1) is 16.0. The van der Waals surface area contributed by atoms with Gasteiger partial charge in [0.15, 0.2) is 17.1 Å². The van der Waals surface area contributed by atoms with Gasteiger partial charge in [0.25, 0.3) is 0 Å². The number of benzene rings is 3. The minimum Gasteiger partial charge on any atom is -0.504 e. The summed E-state index contributed by atoms with van der Waals surface area (Å²) >= 11 is 0. The van der Waals surface area contributed by atoms with Crippen LogP contribution in [0, 0.1) is 0 Å². The number of hydrogen-bond donors (Lipinski definition) is 2. The molecule has 0 aliphatic rings. The number of aromatic hydroxyl groups is 2. The fourth-order valence-corrected chi connectivity index (χ4v) is 3.50. The summed E-state index contributed by atoms with van der Waals surface area (Å²) in [6.45, 7) is 0.128. The zero-order valence-electron chi connectivity index (χ0n) is 18.2. The molecule has 0 spiro atoms. The predicted molar refractivity (Wildman–Crippen MR) is 122 cm³/mol. The minimum absolute atomic E-state index is 0.0490. The molecule has 0 unspecified atom stereocenters. The standard InChI is InChI=1S/C25H22O8/c1-29-16-11-9-15(10-12-16)21-20(28)18(26)17-19(27)23(30-2)24(31-3)25(22(17)33-21)32-13-14-7-5-4-6-8-14/h4-12,27-28H,13H2,1-3H3. The molecule has 4 rings (SSSR count). The van der Waals surface area contributed by atoms with Gasteiger partial charge >= 0.3 is 0 Å². The summed E-state index contributed by atoms with van der Waals surface area (Å²) in [6.07, 6.45) is 0. The molecule has 0 amide bonds. The van der Waals surface area contributed by atoms with Crippen LogP contribution in [0.25, 0.3) is 22.3 Å². The van der Waals surface area contributed by atoms with Gasteiger partial charge in [-0.2, -0.15) is 0 Å².